The van der Waals surface area contributed by atoms with Crippen LogP contribution in [0, 0.1) is 0 Å². The molecule has 0 spiro atoms. The van der Waals surface area contributed by atoms with E-state index < -0.39 is 164 Å². The highest BCUT2D eigenvalue weighted by Crippen LogP contribution is 2.14. The number of carbonyl (C=O) groups excluding carboxylic acids is 10. The molecule has 494 valence electrons. The summed E-state index contributed by atoms with van der Waals surface area (Å²) in [5.41, 5.74) is 32.7. The molecule has 0 bridgehead atoms. The Morgan fingerprint density at radius 3 is 1.06 bits per heavy atom. The number of hydrogen-bond donors (Lipinski definition) is 17. The minimum absolute atomic E-state index is 0.0184. The number of hydrogen-bond acceptors (Lipinski definition) is 16. The highest BCUT2D eigenvalue weighted by molar-refractivity contribution is 7.98. The number of carboxylic acid groups (broad SMARTS) is 3. The predicted molar refractivity (Wildman–Crippen MR) is 323 cm³/mol. The third kappa shape index (κ3) is 39.4. The first-order chi connectivity index (χ1) is 41.1. The van der Waals surface area contributed by atoms with Crippen LogP contribution >= 0.6 is 11.8 Å². The summed E-state index contributed by atoms with van der Waals surface area (Å²) in [4.78, 5) is 177. The van der Waals surface area contributed by atoms with Crippen molar-refractivity contribution in [2.75, 3.05) is 25.1 Å². The molecule has 0 fully saturated rings. The highest BCUT2D eigenvalue weighted by atomic mass is 32.2. The number of carboxylic acids is 3. The van der Waals surface area contributed by atoms with Gasteiger partial charge in [-0.3, -0.25) is 72.3 Å². The maximum Gasteiger partial charge on any atom is 0.303 e. The molecule has 0 unspecified atom stereocenters. The quantitative estimate of drug-likeness (QED) is 0.0174. The van der Waals surface area contributed by atoms with Crippen LogP contribution in [-0.4, -0.2) is 178 Å². The van der Waals surface area contributed by atoms with Gasteiger partial charge in [-0.15, -0.1) is 0 Å². The van der Waals surface area contributed by atoms with Crippen molar-refractivity contribution in [3.63, 3.8) is 0 Å². The van der Waals surface area contributed by atoms with Crippen LogP contribution in [0.1, 0.15) is 174 Å². The number of nitrogens with two attached hydrogens (primary N) is 6. The Morgan fingerprint density at radius 1 is 0.379 bits per heavy atom. The molecule has 0 saturated heterocycles. The van der Waals surface area contributed by atoms with Crippen LogP contribution in [0.4, 0.5) is 0 Å². The van der Waals surface area contributed by atoms with Gasteiger partial charge in [0.1, 0.15) is 48.3 Å². The molecule has 23 N–H and O–H groups in total. The number of rotatable bonds is 51. The molecule has 0 radical (unpaired) electrons. The average molecular weight is 1260 g/mol. The Hall–Kier alpha value is -8.00. The number of carbonyl (C=O) groups is 13. The monoisotopic (exact) mass is 1260 g/mol. The van der Waals surface area contributed by atoms with Crippen LogP contribution < -0.4 is 76.9 Å². The summed E-state index contributed by atoms with van der Waals surface area (Å²) < 4.78 is 0. The van der Waals surface area contributed by atoms with Crippen molar-refractivity contribution in [1.82, 2.24) is 42.5 Å². The van der Waals surface area contributed by atoms with E-state index in [1.807, 2.05) is 0 Å². The molecule has 0 aromatic carbocycles. The van der Waals surface area contributed by atoms with Crippen LogP contribution in [-0.2, 0) is 62.3 Å². The summed E-state index contributed by atoms with van der Waals surface area (Å²) >= 11 is 1.25. The largest absolute Gasteiger partial charge is 0.481 e. The van der Waals surface area contributed by atoms with Crippen molar-refractivity contribution in [1.29, 1.82) is 0 Å². The molecule has 0 heterocycles. The highest BCUT2D eigenvalue weighted by Gasteiger charge is 2.35. The first-order valence-corrected chi connectivity index (χ1v) is 30.8. The number of thioether (sulfide) groups is 1. The lowest BCUT2D eigenvalue weighted by atomic mass is 10.0. The molecule has 87 heavy (non-hydrogen) atoms. The Bertz CT molecular complexity index is 2310. The molecule has 0 rings (SSSR count). The summed E-state index contributed by atoms with van der Waals surface area (Å²) in [6, 6.07) is -12.2. The zero-order valence-corrected chi connectivity index (χ0v) is 51.1. The fourth-order valence-electron chi connectivity index (χ4n) is 8.49. The summed E-state index contributed by atoms with van der Waals surface area (Å²) in [7, 11) is 0. The maximum absolute atomic E-state index is 14.3. The zero-order valence-electron chi connectivity index (χ0n) is 50.3. The Labute approximate surface area is 511 Å². The molecule has 0 aliphatic rings. The zero-order chi connectivity index (χ0) is 65.9. The van der Waals surface area contributed by atoms with Crippen LogP contribution in [0.2, 0.25) is 0 Å². The Balaban J connectivity index is 6.77. The molecule has 32 nitrogen and oxygen atoms in total. The van der Waals surface area contributed by atoms with Crippen LogP contribution in [0.15, 0.2) is 9.98 Å². The van der Waals surface area contributed by atoms with Crippen molar-refractivity contribution in [3.8, 4) is 0 Å². The molecular formula is C54H96N16O16S. The summed E-state index contributed by atoms with van der Waals surface area (Å²) in [5, 5.41) is 47.7. The van der Waals surface area contributed by atoms with Gasteiger partial charge in [-0.25, -0.2) is 0 Å². The van der Waals surface area contributed by atoms with E-state index in [4.69, 9.17) is 39.5 Å². The van der Waals surface area contributed by atoms with Gasteiger partial charge in [0.15, 0.2) is 11.9 Å². The van der Waals surface area contributed by atoms with Crippen LogP contribution in [0.25, 0.3) is 0 Å². The molecule has 0 aliphatic heterocycles. The minimum atomic E-state index is -1.67. The van der Waals surface area contributed by atoms with E-state index >= 15 is 0 Å². The lowest BCUT2D eigenvalue weighted by Crippen LogP contribution is -2.60. The second kappa shape index (κ2) is 46.2. The third-order valence-corrected chi connectivity index (χ3v) is 14.0. The van der Waals surface area contributed by atoms with Gasteiger partial charge in [0, 0.05) is 45.2 Å². The molecule has 8 atom stereocenters. The van der Waals surface area contributed by atoms with Gasteiger partial charge in [0.2, 0.25) is 59.1 Å². The standard InChI is InChI=1S/C54H96N16O16S/c1-4-5-6-7-8-9-10-11-12-13-14-19-41(72)64-36(22-26-43(75)76)49(83)69-38(23-27-44(77)78)51(85)70-39(28-31-87-3)52(86)68-37(20-24-40(55)71)50(84)67-35(18-16-30-62-54(59)60)48(82)66-34(17-15-29-61-53(57)58)47(81)63-32(2)46(80)65-33(45(56)79)21-25-42(73)74/h32-39H,4-31H2,1-3H3,(H2,55,71)(H2,56,79)(H,63,81)(H,64,72)(H,65,80)(H,66,82)(H,67,84)(H,68,86)(H,69,83)(H,70,85)(H,73,74)(H,75,76)(H,77,78)(H4,57,58,61)(H4,59,60,62)/t32-,33-,34-,35-,36-,37-,38-,39-/m0/s1. The smallest absolute Gasteiger partial charge is 0.303 e. The molecule has 10 amide bonds. The van der Waals surface area contributed by atoms with Crippen molar-refractivity contribution in [3.05, 3.63) is 0 Å². The third-order valence-electron chi connectivity index (χ3n) is 13.4. The van der Waals surface area contributed by atoms with E-state index in [-0.39, 0.29) is 82.1 Å². The van der Waals surface area contributed by atoms with Crippen LogP contribution in [0.5, 0.6) is 0 Å². The van der Waals surface area contributed by atoms with Gasteiger partial charge in [-0.05, 0) is 83.1 Å². The molecule has 0 aliphatic carbocycles. The summed E-state index contributed by atoms with van der Waals surface area (Å²) in [5.74, 6) is -13.9. The second-order valence-electron chi connectivity index (χ2n) is 20.9. The Morgan fingerprint density at radius 2 is 0.701 bits per heavy atom. The number of amides is 10. The first-order valence-electron chi connectivity index (χ1n) is 29.4. The van der Waals surface area contributed by atoms with E-state index in [9.17, 15) is 72.5 Å². The van der Waals surface area contributed by atoms with E-state index in [1.54, 1.807) is 6.26 Å². The van der Waals surface area contributed by atoms with Crippen molar-refractivity contribution < 1.29 is 77.6 Å². The molecule has 33 heteroatoms. The van der Waals surface area contributed by atoms with Crippen molar-refractivity contribution >= 4 is 101 Å². The second-order valence-corrected chi connectivity index (χ2v) is 21.9. The average Bonchev–Trinajstić information content (AvgIpc) is 3.60. The van der Waals surface area contributed by atoms with E-state index in [0.29, 0.717) is 6.42 Å². The lowest BCUT2D eigenvalue weighted by Gasteiger charge is -2.28. The predicted octanol–water partition coefficient (Wildman–Crippen LogP) is -2.21. The molecule has 0 aromatic heterocycles. The van der Waals surface area contributed by atoms with Gasteiger partial charge in [0.05, 0.1) is 0 Å². The summed E-state index contributed by atoms with van der Waals surface area (Å²) in [6.45, 7) is 3.29. The van der Waals surface area contributed by atoms with Gasteiger partial charge >= 0.3 is 17.9 Å². The first kappa shape index (κ1) is 79.0. The topological polar surface area (TPSA) is 560 Å². The number of nitrogens with zero attached hydrogens (tertiary/aromatic N) is 2. The van der Waals surface area contributed by atoms with Gasteiger partial charge in [-0.2, -0.15) is 11.8 Å². The van der Waals surface area contributed by atoms with E-state index in [0.717, 1.165) is 32.1 Å². The Kier molecular flexibility index (Phi) is 42.0. The van der Waals surface area contributed by atoms with Crippen molar-refractivity contribution in [2.24, 2.45) is 44.4 Å². The number of aliphatic imine (C=N–C) groups is 2. The number of primary amides is 2. The minimum Gasteiger partial charge on any atom is -0.481 e. The fraction of sp³-hybridized carbons (Fsp3) is 0.722. The van der Waals surface area contributed by atoms with E-state index in [1.165, 1.54) is 50.8 Å². The number of aliphatic carboxylic acids is 3. The van der Waals surface area contributed by atoms with Crippen LogP contribution in [0.3, 0.4) is 0 Å². The number of nitrogens with one attached hydrogen (secondary N) is 8. The normalized spacial score (nSPS) is 13.6. The lowest BCUT2D eigenvalue weighted by molar-refractivity contribution is -0.140. The SMILES string of the molecule is CCCCCCCCCCCCCC(=O)N[C@@H](CCC(=O)O)C(=O)N[C@@H](CCC(=O)O)C(=O)N[C@@H](CCSC)C(=O)N[C@@H](CCC(N)=O)C(=O)N[C@@H](CCCN=C(N)N)C(=O)N[C@@H](CCCN=C(N)N)C(=O)N[C@@H](C)C(=O)N[C@@H](CCC(=O)O)C(N)=O. The molecule has 0 aromatic rings. The molecule has 0 saturated carbocycles. The fourth-order valence-corrected chi connectivity index (χ4v) is 8.96. The van der Waals surface area contributed by atoms with Gasteiger partial charge in [0.25, 0.3) is 0 Å². The number of unbranched alkanes of at least 4 members (excludes halogenated alkanes) is 10. The van der Waals surface area contributed by atoms with E-state index in [2.05, 4.69) is 59.4 Å². The number of guanidine groups is 2. The maximum atomic E-state index is 14.3. The van der Waals surface area contributed by atoms with Crippen molar-refractivity contribution in [2.45, 2.75) is 223 Å². The van der Waals surface area contributed by atoms with Gasteiger partial charge < -0.3 is 92.3 Å². The summed E-state index contributed by atoms with van der Waals surface area (Å²) in [6.07, 6.45) is 8.62. The molecular weight excluding hydrogens is 1160 g/mol. The van der Waals surface area contributed by atoms with Gasteiger partial charge in [-0.1, -0.05) is 71.1 Å².